The van der Waals surface area contributed by atoms with E-state index in [1.165, 1.54) is 16.8 Å². The van der Waals surface area contributed by atoms with Crippen LogP contribution in [0.5, 0.6) is 5.75 Å². The van der Waals surface area contributed by atoms with Gasteiger partial charge >= 0.3 is 0 Å². The predicted molar refractivity (Wildman–Crippen MR) is 131 cm³/mol. The number of hydrogen-bond donors (Lipinski definition) is 2. The van der Waals surface area contributed by atoms with Gasteiger partial charge in [-0.05, 0) is 41.5 Å². The van der Waals surface area contributed by atoms with Crippen LogP contribution in [0.1, 0.15) is 16.8 Å². The molecule has 2 aromatic heterocycles. The molecule has 160 valence electrons. The summed E-state index contributed by atoms with van der Waals surface area (Å²) in [4.78, 5) is 18.1. The summed E-state index contributed by atoms with van der Waals surface area (Å²) in [5, 5.41) is 14.3. The number of nitrogens with one attached hydrogen (secondary N) is 1. The van der Waals surface area contributed by atoms with Crippen molar-refractivity contribution in [3.8, 4) is 40.3 Å². The number of aromatic hydroxyl groups is 1. The van der Waals surface area contributed by atoms with Gasteiger partial charge < -0.3 is 5.11 Å². The number of phenolic OH excluding ortho intramolecular Hbond substituents is 1. The number of aromatic nitrogens is 3. The molecule has 5 aromatic rings. The Balaban J connectivity index is 1.73. The van der Waals surface area contributed by atoms with E-state index in [4.69, 9.17) is 18.0 Å². The maximum atomic E-state index is 13.5. The molecular weight excluding hydrogens is 434 g/mol. The Morgan fingerprint density at radius 1 is 1.03 bits per heavy atom. The molecule has 0 radical (unpaired) electrons. The molecule has 5 rings (SSSR count). The highest BCUT2D eigenvalue weighted by molar-refractivity contribution is 6.30. The number of halogens is 1. The normalized spacial score (nSPS) is 10.9. The van der Waals surface area contributed by atoms with Crippen molar-refractivity contribution < 1.29 is 5.11 Å². The molecule has 0 amide bonds. The first-order valence-corrected chi connectivity index (χ1v) is 10.7. The second-order valence-electron chi connectivity index (χ2n) is 7.65. The van der Waals surface area contributed by atoms with E-state index in [2.05, 4.69) is 16.0 Å². The molecule has 2 N–H and O–H groups in total. The number of hydrogen-bond acceptors (Lipinski definition) is 3. The Morgan fingerprint density at radius 3 is 2.48 bits per heavy atom. The van der Waals surface area contributed by atoms with E-state index < -0.39 is 0 Å². The highest BCUT2D eigenvalue weighted by atomic mass is 35.5. The van der Waals surface area contributed by atoms with Crippen LogP contribution in [0, 0.1) is 12.3 Å². The van der Waals surface area contributed by atoms with Gasteiger partial charge in [0.15, 0.2) is 5.65 Å². The number of fused-ring (bicyclic) bond motifs is 1. The topological polar surface area (TPSA) is 70.4 Å². The molecule has 33 heavy (non-hydrogen) atoms. The number of benzene rings is 3. The van der Waals surface area contributed by atoms with Crippen LogP contribution >= 0.6 is 11.6 Å². The minimum Gasteiger partial charge on any atom is -0.507 e. The van der Waals surface area contributed by atoms with Crippen LogP contribution in [-0.2, 0) is 6.42 Å². The van der Waals surface area contributed by atoms with E-state index in [9.17, 15) is 9.90 Å². The number of nitrogens with zero attached hydrogens (tertiary/aromatic N) is 2. The number of rotatable bonds is 4. The average molecular weight is 452 g/mol. The van der Waals surface area contributed by atoms with Crippen molar-refractivity contribution in [2.45, 2.75) is 6.42 Å². The van der Waals surface area contributed by atoms with Crippen LogP contribution in [0.25, 0.3) is 27.9 Å². The van der Waals surface area contributed by atoms with Gasteiger partial charge in [0.1, 0.15) is 5.75 Å². The molecule has 0 aliphatic rings. The van der Waals surface area contributed by atoms with E-state index in [-0.39, 0.29) is 16.9 Å². The Hall–Kier alpha value is -4.27. The molecule has 0 fully saturated rings. The van der Waals surface area contributed by atoms with Crippen LogP contribution in [0.2, 0.25) is 5.02 Å². The van der Waals surface area contributed by atoms with Crippen molar-refractivity contribution in [3.63, 3.8) is 0 Å². The van der Waals surface area contributed by atoms with Gasteiger partial charge in [0.05, 0.1) is 5.56 Å². The number of phenols is 1. The van der Waals surface area contributed by atoms with Gasteiger partial charge in [-0.15, -0.1) is 6.42 Å². The zero-order valence-corrected chi connectivity index (χ0v) is 18.2. The number of H-pyrrole nitrogens is 1. The molecule has 0 saturated carbocycles. The SMILES string of the molecule is C#Cc1ccc(-c2cnc3c(-c4ccc(Cl)cc4)c(Cc4ccccc4)[nH]n3c2=O)c(O)c1. The Bertz CT molecular complexity index is 1580. The number of aromatic amines is 1. The van der Waals surface area contributed by atoms with Gasteiger partial charge in [0.25, 0.3) is 5.56 Å². The van der Waals surface area contributed by atoms with Crippen LogP contribution < -0.4 is 5.56 Å². The Morgan fingerprint density at radius 2 is 1.79 bits per heavy atom. The van der Waals surface area contributed by atoms with E-state index >= 15 is 0 Å². The molecule has 0 bridgehead atoms. The molecular formula is C27H18ClN3O2. The lowest BCUT2D eigenvalue weighted by molar-refractivity contribution is 0.477. The maximum absolute atomic E-state index is 13.5. The molecule has 5 nitrogen and oxygen atoms in total. The van der Waals surface area contributed by atoms with Crippen LogP contribution in [0.3, 0.4) is 0 Å². The first kappa shape index (κ1) is 20.6. The minimum atomic E-state index is -0.321. The zero-order chi connectivity index (χ0) is 22.9. The van der Waals surface area contributed by atoms with Gasteiger partial charge in [-0.1, -0.05) is 60.0 Å². The lowest BCUT2D eigenvalue weighted by Crippen LogP contribution is -2.17. The van der Waals surface area contributed by atoms with Crippen molar-refractivity contribution in [1.82, 2.24) is 14.6 Å². The molecule has 6 heteroatoms. The highest BCUT2D eigenvalue weighted by Gasteiger charge is 2.19. The summed E-state index contributed by atoms with van der Waals surface area (Å²) in [6.45, 7) is 0. The molecule has 3 aromatic carbocycles. The van der Waals surface area contributed by atoms with Gasteiger partial charge in [0, 0.05) is 40.0 Å². The first-order valence-electron chi connectivity index (χ1n) is 10.3. The van der Waals surface area contributed by atoms with Crippen LogP contribution in [0.4, 0.5) is 0 Å². The van der Waals surface area contributed by atoms with Crippen molar-refractivity contribution in [1.29, 1.82) is 0 Å². The van der Waals surface area contributed by atoms with E-state index in [1.807, 2.05) is 54.6 Å². The number of terminal acetylenes is 1. The quantitative estimate of drug-likeness (QED) is 0.365. The Labute approximate surface area is 194 Å². The van der Waals surface area contributed by atoms with E-state index in [1.54, 1.807) is 12.1 Å². The molecule has 2 heterocycles. The van der Waals surface area contributed by atoms with Crippen molar-refractivity contribution in [2.24, 2.45) is 0 Å². The summed E-state index contributed by atoms with van der Waals surface area (Å²) in [6, 6.07) is 22.2. The maximum Gasteiger partial charge on any atom is 0.280 e. The molecule has 0 aliphatic heterocycles. The minimum absolute atomic E-state index is 0.0710. The summed E-state index contributed by atoms with van der Waals surface area (Å²) < 4.78 is 1.42. The summed E-state index contributed by atoms with van der Waals surface area (Å²) in [5.74, 6) is 2.40. The fraction of sp³-hybridized carbons (Fsp3) is 0.0370. The second-order valence-corrected chi connectivity index (χ2v) is 8.08. The first-order chi connectivity index (χ1) is 16.0. The van der Waals surface area contributed by atoms with Crippen molar-refractivity contribution >= 4 is 17.2 Å². The lowest BCUT2D eigenvalue weighted by atomic mass is 10.0. The standard InChI is InChI=1S/C27H18ClN3O2/c1-2-17-8-13-21(24(32)15-17)22-16-29-26-25(19-9-11-20(28)12-10-19)23(30-31(26)27(22)33)14-18-6-4-3-5-7-18/h1,3-13,15-16,30,32H,14H2. The van der Waals surface area contributed by atoms with Crippen molar-refractivity contribution in [2.75, 3.05) is 0 Å². The zero-order valence-electron chi connectivity index (χ0n) is 17.4. The molecule has 0 atom stereocenters. The third kappa shape index (κ3) is 3.78. The molecule has 0 saturated heterocycles. The largest absolute Gasteiger partial charge is 0.507 e. The monoisotopic (exact) mass is 451 g/mol. The van der Waals surface area contributed by atoms with Crippen LogP contribution in [-0.4, -0.2) is 19.7 Å². The second kappa shape index (κ2) is 8.34. The third-order valence-corrected chi connectivity index (χ3v) is 5.80. The fourth-order valence-corrected chi connectivity index (χ4v) is 4.07. The van der Waals surface area contributed by atoms with Gasteiger partial charge in [-0.3, -0.25) is 9.89 Å². The summed E-state index contributed by atoms with van der Waals surface area (Å²) in [5.41, 5.74) is 5.00. The summed E-state index contributed by atoms with van der Waals surface area (Å²) in [6.07, 6.45) is 7.48. The molecule has 0 spiro atoms. The smallest absolute Gasteiger partial charge is 0.280 e. The average Bonchev–Trinajstić information content (AvgIpc) is 3.19. The fourth-order valence-electron chi connectivity index (χ4n) is 3.94. The highest BCUT2D eigenvalue weighted by Crippen LogP contribution is 2.32. The third-order valence-electron chi connectivity index (χ3n) is 5.54. The van der Waals surface area contributed by atoms with Crippen molar-refractivity contribution in [3.05, 3.63) is 111 Å². The van der Waals surface area contributed by atoms with Gasteiger partial charge in [-0.25, -0.2) is 9.50 Å². The molecule has 0 unspecified atom stereocenters. The summed E-state index contributed by atoms with van der Waals surface area (Å²) in [7, 11) is 0. The predicted octanol–water partition coefficient (Wildman–Crippen LogP) is 5.29. The lowest BCUT2D eigenvalue weighted by Gasteiger charge is -2.06. The summed E-state index contributed by atoms with van der Waals surface area (Å²) >= 11 is 6.10. The van der Waals surface area contributed by atoms with Crippen LogP contribution in [0.15, 0.2) is 83.8 Å². The Kier molecular flexibility index (Phi) is 5.21. The van der Waals surface area contributed by atoms with E-state index in [0.29, 0.717) is 28.2 Å². The van der Waals surface area contributed by atoms with Gasteiger partial charge in [-0.2, -0.15) is 0 Å². The van der Waals surface area contributed by atoms with E-state index in [0.717, 1.165) is 22.4 Å². The van der Waals surface area contributed by atoms with Gasteiger partial charge in [0.2, 0.25) is 0 Å². The molecule has 0 aliphatic carbocycles.